The van der Waals surface area contributed by atoms with Crippen molar-refractivity contribution >= 4 is 29.2 Å². The van der Waals surface area contributed by atoms with Gasteiger partial charge in [-0.25, -0.2) is 4.79 Å². The lowest BCUT2D eigenvalue weighted by atomic mass is 10.1. The van der Waals surface area contributed by atoms with Crippen LogP contribution in [0, 0.1) is 0 Å². The number of carboxylic acids is 1. The van der Waals surface area contributed by atoms with Crippen LogP contribution in [0.1, 0.15) is 11.1 Å². The number of carbonyl (C=O) groups is 1. The maximum Gasteiger partial charge on any atom is 0.333 e. The Morgan fingerprint density at radius 2 is 1.86 bits per heavy atom. The van der Waals surface area contributed by atoms with E-state index < -0.39 is 12.1 Å². The summed E-state index contributed by atoms with van der Waals surface area (Å²) >= 11 is 11.9. The Hall–Kier alpha value is -1.55. The van der Waals surface area contributed by atoms with Crippen LogP contribution >= 0.6 is 23.2 Å². The molecular weight excluding hydrogens is 311 g/mol. The molecule has 0 saturated heterocycles. The average Bonchev–Trinajstić information content (AvgIpc) is 2.46. The Kier molecular flexibility index (Phi) is 5.62. The van der Waals surface area contributed by atoms with E-state index in [0.717, 1.165) is 5.56 Å². The zero-order valence-corrected chi connectivity index (χ0v) is 12.6. The minimum atomic E-state index is -1.02. The standard InChI is InChI=1S/C16H14Cl2O3/c17-13-7-6-12(14(18)9-13)8-15(16(19)20)21-10-11-4-2-1-3-5-11/h1-7,9,15H,8,10H2,(H,19,20)/t15-/m0/s1. The van der Waals surface area contributed by atoms with Gasteiger partial charge in [-0.2, -0.15) is 0 Å². The van der Waals surface area contributed by atoms with Gasteiger partial charge in [0.2, 0.25) is 0 Å². The summed E-state index contributed by atoms with van der Waals surface area (Å²) in [5, 5.41) is 10.2. The Morgan fingerprint density at radius 1 is 1.14 bits per heavy atom. The number of halogens is 2. The van der Waals surface area contributed by atoms with Crippen molar-refractivity contribution in [1.29, 1.82) is 0 Å². The lowest BCUT2D eigenvalue weighted by molar-refractivity contribution is -0.151. The van der Waals surface area contributed by atoms with Gasteiger partial charge in [0.25, 0.3) is 0 Å². The third-order valence-corrected chi connectivity index (χ3v) is 3.58. The van der Waals surface area contributed by atoms with Crippen molar-refractivity contribution in [2.45, 2.75) is 19.1 Å². The molecule has 2 aromatic carbocycles. The SMILES string of the molecule is O=C(O)[C@H](Cc1ccc(Cl)cc1Cl)OCc1ccccc1. The predicted octanol–water partition coefficient (Wildman–Crippen LogP) is 4.21. The van der Waals surface area contributed by atoms with Crippen molar-refractivity contribution in [3.63, 3.8) is 0 Å². The van der Waals surface area contributed by atoms with E-state index in [-0.39, 0.29) is 13.0 Å². The lowest BCUT2D eigenvalue weighted by Crippen LogP contribution is -2.26. The molecule has 0 heterocycles. The molecule has 21 heavy (non-hydrogen) atoms. The van der Waals surface area contributed by atoms with Crippen LogP contribution in [0.3, 0.4) is 0 Å². The second-order valence-electron chi connectivity index (χ2n) is 4.56. The minimum absolute atomic E-state index is 0.193. The quantitative estimate of drug-likeness (QED) is 0.865. The molecule has 5 heteroatoms. The summed E-state index contributed by atoms with van der Waals surface area (Å²) in [5.41, 5.74) is 1.62. The van der Waals surface area contributed by atoms with Gasteiger partial charge >= 0.3 is 5.97 Å². The number of hydrogen-bond acceptors (Lipinski definition) is 2. The molecule has 0 bridgehead atoms. The summed E-state index contributed by atoms with van der Waals surface area (Å²) in [7, 11) is 0. The summed E-state index contributed by atoms with van der Waals surface area (Å²) in [6, 6.07) is 14.4. The number of hydrogen-bond donors (Lipinski definition) is 1. The molecule has 0 aromatic heterocycles. The number of benzene rings is 2. The van der Waals surface area contributed by atoms with Gasteiger partial charge in [0.15, 0.2) is 6.10 Å². The molecule has 0 saturated carbocycles. The van der Waals surface area contributed by atoms with Crippen LogP contribution in [0.5, 0.6) is 0 Å². The fraction of sp³-hybridized carbons (Fsp3) is 0.188. The summed E-state index contributed by atoms with van der Waals surface area (Å²) in [5.74, 6) is -1.02. The molecule has 0 spiro atoms. The first kappa shape index (κ1) is 15.8. The van der Waals surface area contributed by atoms with Crippen LogP contribution in [-0.4, -0.2) is 17.2 Å². The fourth-order valence-electron chi connectivity index (χ4n) is 1.88. The summed E-state index contributed by atoms with van der Waals surface area (Å²) in [6.07, 6.45) is -0.762. The van der Waals surface area contributed by atoms with Crippen molar-refractivity contribution in [3.8, 4) is 0 Å². The normalized spacial score (nSPS) is 12.1. The molecule has 2 rings (SSSR count). The first-order chi connectivity index (χ1) is 10.1. The molecule has 1 N–H and O–H groups in total. The van der Waals surface area contributed by atoms with E-state index in [4.69, 9.17) is 27.9 Å². The number of ether oxygens (including phenoxy) is 1. The smallest absolute Gasteiger partial charge is 0.333 e. The van der Waals surface area contributed by atoms with Gasteiger partial charge < -0.3 is 9.84 Å². The lowest BCUT2D eigenvalue weighted by Gasteiger charge is -2.15. The highest BCUT2D eigenvalue weighted by molar-refractivity contribution is 6.35. The summed E-state index contributed by atoms with van der Waals surface area (Å²) in [4.78, 5) is 11.3. The van der Waals surface area contributed by atoms with Gasteiger partial charge in [-0.1, -0.05) is 59.6 Å². The van der Waals surface area contributed by atoms with Crippen LogP contribution in [0.15, 0.2) is 48.5 Å². The maximum absolute atomic E-state index is 11.3. The van der Waals surface area contributed by atoms with Crippen LogP contribution < -0.4 is 0 Å². The van der Waals surface area contributed by atoms with E-state index in [1.807, 2.05) is 30.3 Å². The molecule has 0 unspecified atom stereocenters. The zero-order valence-electron chi connectivity index (χ0n) is 11.1. The Balaban J connectivity index is 2.04. The van der Waals surface area contributed by atoms with Crippen LogP contribution in [0.25, 0.3) is 0 Å². The molecule has 0 aliphatic heterocycles. The first-order valence-corrected chi connectivity index (χ1v) is 7.14. The average molecular weight is 325 g/mol. The van der Waals surface area contributed by atoms with Gasteiger partial charge in [0, 0.05) is 16.5 Å². The van der Waals surface area contributed by atoms with Crippen molar-refractivity contribution in [1.82, 2.24) is 0 Å². The van der Waals surface area contributed by atoms with Crippen molar-refractivity contribution < 1.29 is 14.6 Å². The molecule has 1 atom stereocenters. The number of aliphatic carboxylic acids is 1. The highest BCUT2D eigenvalue weighted by atomic mass is 35.5. The summed E-state index contributed by atoms with van der Waals surface area (Å²) in [6.45, 7) is 0.239. The predicted molar refractivity (Wildman–Crippen MR) is 82.8 cm³/mol. The molecule has 0 radical (unpaired) electrons. The van der Waals surface area contributed by atoms with Crippen LogP contribution in [0.4, 0.5) is 0 Å². The molecule has 0 aliphatic rings. The highest BCUT2D eigenvalue weighted by Gasteiger charge is 2.20. The monoisotopic (exact) mass is 324 g/mol. The van der Waals surface area contributed by atoms with Crippen LogP contribution in [-0.2, 0) is 22.6 Å². The number of rotatable bonds is 6. The molecule has 0 amide bonds. The zero-order chi connectivity index (χ0) is 15.2. The van der Waals surface area contributed by atoms with E-state index in [2.05, 4.69) is 0 Å². The second-order valence-corrected chi connectivity index (χ2v) is 5.41. The maximum atomic E-state index is 11.3. The summed E-state index contributed by atoms with van der Waals surface area (Å²) < 4.78 is 5.49. The Bertz CT molecular complexity index is 614. The molecule has 3 nitrogen and oxygen atoms in total. The second kappa shape index (κ2) is 7.46. The fourth-order valence-corrected chi connectivity index (χ4v) is 2.36. The molecule has 2 aromatic rings. The Labute approximate surface area is 133 Å². The molecule has 0 fully saturated rings. The Morgan fingerprint density at radius 3 is 2.48 bits per heavy atom. The van der Waals surface area contributed by atoms with E-state index in [0.29, 0.717) is 15.6 Å². The molecule has 0 aliphatic carbocycles. The van der Waals surface area contributed by atoms with Gasteiger partial charge in [0.1, 0.15) is 0 Å². The van der Waals surface area contributed by atoms with Crippen molar-refractivity contribution in [3.05, 3.63) is 69.7 Å². The third kappa shape index (κ3) is 4.74. The molecule has 110 valence electrons. The van der Waals surface area contributed by atoms with E-state index >= 15 is 0 Å². The topological polar surface area (TPSA) is 46.5 Å². The third-order valence-electron chi connectivity index (χ3n) is 2.99. The van der Waals surface area contributed by atoms with E-state index in [1.165, 1.54) is 0 Å². The largest absolute Gasteiger partial charge is 0.479 e. The van der Waals surface area contributed by atoms with Gasteiger partial charge in [-0.05, 0) is 23.3 Å². The first-order valence-electron chi connectivity index (χ1n) is 6.38. The molecular formula is C16H14Cl2O3. The minimum Gasteiger partial charge on any atom is -0.479 e. The van der Waals surface area contributed by atoms with Crippen molar-refractivity contribution in [2.75, 3.05) is 0 Å². The van der Waals surface area contributed by atoms with E-state index in [9.17, 15) is 9.90 Å². The van der Waals surface area contributed by atoms with Gasteiger partial charge in [-0.3, -0.25) is 0 Å². The highest BCUT2D eigenvalue weighted by Crippen LogP contribution is 2.23. The van der Waals surface area contributed by atoms with E-state index in [1.54, 1.807) is 18.2 Å². The number of carboxylic acid groups (broad SMARTS) is 1. The van der Waals surface area contributed by atoms with Gasteiger partial charge in [-0.15, -0.1) is 0 Å². The van der Waals surface area contributed by atoms with Gasteiger partial charge in [0.05, 0.1) is 6.61 Å². The van der Waals surface area contributed by atoms with Crippen LogP contribution in [0.2, 0.25) is 10.0 Å². The van der Waals surface area contributed by atoms with Crippen molar-refractivity contribution in [2.24, 2.45) is 0 Å².